The lowest BCUT2D eigenvalue weighted by Crippen LogP contribution is -2.61. The summed E-state index contributed by atoms with van der Waals surface area (Å²) in [7, 11) is 0. The first-order chi connectivity index (χ1) is 34.4. The van der Waals surface area contributed by atoms with Gasteiger partial charge in [-0.25, -0.2) is 0 Å². The van der Waals surface area contributed by atoms with Gasteiger partial charge in [0.05, 0.1) is 11.2 Å². The van der Waals surface area contributed by atoms with Crippen LogP contribution in [-0.2, 0) is 34.5 Å². The van der Waals surface area contributed by atoms with E-state index in [1.807, 2.05) is 0 Å². The largest absolute Gasteiger partial charge is 0.334 e. The topological polar surface area (TPSA) is 9.72 Å². The maximum atomic E-state index is 2.82. The van der Waals surface area contributed by atoms with Crippen LogP contribution in [0, 0.1) is 12.3 Å². The van der Waals surface area contributed by atoms with Crippen molar-refractivity contribution in [2.75, 3.05) is 14.7 Å². The molecule has 7 aromatic rings. The highest BCUT2D eigenvalue weighted by Crippen LogP contribution is 2.61. The van der Waals surface area contributed by atoms with Gasteiger partial charge in [0.1, 0.15) is 0 Å². The number of anilines is 8. The van der Waals surface area contributed by atoms with Crippen LogP contribution in [0.2, 0.25) is 0 Å². The van der Waals surface area contributed by atoms with Gasteiger partial charge in [0.15, 0.2) is 0 Å². The molecular formula is C69H78BN3. The predicted octanol–water partition coefficient (Wildman–Crippen LogP) is 16.9. The minimum Gasteiger partial charge on any atom is -0.334 e. The highest BCUT2D eigenvalue weighted by molar-refractivity contribution is 7.00. The van der Waals surface area contributed by atoms with Crippen molar-refractivity contribution in [2.24, 2.45) is 5.41 Å². The second-order valence-corrected chi connectivity index (χ2v) is 27.4. The van der Waals surface area contributed by atoms with Gasteiger partial charge in [-0.2, -0.15) is 0 Å². The Balaban J connectivity index is 1.14. The molecule has 0 aromatic heterocycles. The molecule has 0 radical (unpaired) electrons. The molecule has 0 spiro atoms. The molecule has 0 saturated heterocycles. The predicted molar refractivity (Wildman–Crippen MR) is 315 cm³/mol. The lowest BCUT2D eigenvalue weighted by molar-refractivity contribution is 0.261. The van der Waals surface area contributed by atoms with Gasteiger partial charge in [0, 0.05) is 50.8 Å². The summed E-state index contributed by atoms with van der Waals surface area (Å²) in [6.45, 7) is 33.6. The van der Waals surface area contributed by atoms with Crippen LogP contribution in [0.5, 0.6) is 0 Å². The number of benzene rings is 7. The van der Waals surface area contributed by atoms with Crippen molar-refractivity contribution in [3.05, 3.63) is 172 Å². The fraction of sp³-hybridized carbons (Fsp3) is 0.391. The molecule has 5 aliphatic rings. The van der Waals surface area contributed by atoms with Gasteiger partial charge in [-0.3, -0.25) is 0 Å². The van der Waals surface area contributed by atoms with E-state index in [0.717, 1.165) is 12.8 Å². The standard InChI is InChI=1S/C69H78BN3/c1-44-35-61-63-62(36-44)72(57-31-25-49(65(5,6)7)39-53(57)45-21-17-15-18-22-45)59-38-47-43-67(11,12)42-46(47)37-56(59)70(63)55-30-29-52(41-60(55)71(61)51-27-23-48(24-28-51)64(2,3)4)73-58-32-26-50(66(8,9)10)40-54(58)68(13)33-19-16-20-34-69(68,73)14/h15,17-18,21-32,35-41H,16,19-20,33-34,42-43H2,1-14H3. The number of rotatable bonds is 4. The molecule has 2 aliphatic carbocycles. The molecule has 4 heteroatoms. The van der Waals surface area contributed by atoms with Crippen molar-refractivity contribution < 1.29 is 0 Å². The lowest BCUT2D eigenvalue weighted by Gasteiger charge is -2.48. The fourth-order valence-corrected chi connectivity index (χ4v) is 14.3. The molecular weight excluding hydrogens is 882 g/mol. The van der Waals surface area contributed by atoms with E-state index in [4.69, 9.17) is 0 Å². The first kappa shape index (κ1) is 48.0. The minimum absolute atomic E-state index is 0.00770. The van der Waals surface area contributed by atoms with Crippen molar-refractivity contribution in [1.82, 2.24) is 0 Å². The molecule has 0 N–H and O–H groups in total. The van der Waals surface area contributed by atoms with E-state index in [9.17, 15) is 0 Å². The van der Waals surface area contributed by atoms with Crippen LogP contribution >= 0.6 is 0 Å². The summed E-state index contributed by atoms with van der Waals surface area (Å²) < 4.78 is 0. The lowest BCUT2D eigenvalue weighted by atomic mass is 9.33. The van der Waals surface area contributed by atoms with Crippen molar-refractivity contribution >= 4 is 68.6 Å². The average Bonchev–Trinajstić information content (AvgIpc) is 3.67. The van der Waals surface area contributed by atoms with Crippen LogP contribution in [0.4, 0.5) is 45.5 Å². The van der Waals surface area contributed by atoms with Crippen molar-refractivity contribution in [3.8, 4) is 11.1 Å². The third-order valence-corrected chi connectivity index (χ3v) is 18.5. The Kier molecular flexibility index (Phi) is 10.7. The summed E-state index contributed by atoms with van der Waals surface area (Å²) in [4.78, 5) is 8.15. The average molecular weight is 960 g/mol. The zero-order chi connectivity index (χ0) is 51.4. The van der Waals surface area contributed by atoms with Crippen molar-refractivity contribution in [3.63, 3.8) is 0 Å². The van der Waals surface area contributed by atoms with Gasteiger partial charge < -0.3 is 14.7 Å². The van der Waals surface area contributed by atoms with E-state index in [1.165, 1.54) is 144 Å². The first-order valence-corrected chi connectivity index (χ1v) is 27.8. The van der Waals surface area contributed by atoms with E-state index in [2.05, 4.69) is 245 Å². The Morgan fingerprint density at radius 3 is 1.71 bits per heavy atom. The van der Waals surface area contributed by atoms with Gasteiger partial charge in [0.2, 0.25) is 0 Å². The normalized spacial score (nSPS) is 20.7. The van der Waals surface area contributed by atoms with E-state index in [0.29, 0.717) is 0 Å². The number of fused-ring (bicyclic) bond motifs is 8. The third-order valence-electron chi connectivity index (χ3n) is 18.5. The Morgan fingerprint density at radius 2 is 1.04 bits per heavy atom. The van der Waals surface area contributed by atoms with Crippen molar-refractivity contribution in [2.45, 2.75) is 169 Å². The van der Waals surface area contributed by atoms with Crippen LogP contribution in [0.25, 0.3) is 11.1 Å². The van der Waals surface area contributed by atoms with E-state index < -0.39 is 0 Å². The summed E-state index contributed by atoms with van der Waals surface area (Å²) in [5.41, 5.74) is 27.1. The Hall–Kier alpha value is -6.00. The fourth-order valence-electron chi connectivity index (χ4n) is 14.3. The first-order valence-electron chi connectivity index (χ1n) is 27.8. The molecule has 1 saturated carbocycles. The zero-order valence-electron chi connectivity index (χ0n) is 46.6. The molecule has 372 valence electrons. The number of hydrogen-bond donors (Lipinski definition) is 0. The van der Waals surface area contributed by atoms with Crippen molar-refractivity contribution in [1.29, 1.82) is 0 Å². The van der Waals surface area contributed by atoms with E-state index in [1.54, 1.807) is 0 Å². The molecule has 2 unspecified atom stereocenters. The third kappa shape index (κ3) is 7.49. The summed E-state index contributed by atoms with van der Waals surface area (Å²) >= 11 is 0. The van der Waals surface area contributed by atoms with Gasteiger partial charge in [-0.1, -0.05) is 175 Å². The molecule has 1 fully saturated rings. The second kappa shape index (κ2) is 16.3. The van der Waals surface area contributed by atoms with Gasteiger partial charge in [0.25, 0.3) is 6.71 Å². The summed E-state index contributed by atoms with van der Waals surface area (Å²) in [6.07, 6.45) is 8.35. The van der Waals surface area contributed by atoms with E-state index >= 15 is 0 Å². The molecule has 7 aromatic carbocycles. The van der Waals surface area contributed by atoms with Gasteiger partial charge in [-0.15, -0.1) is 0 Å². The Labute approximate surface area is 439 Å². The number of hydrogen-bond acceptors (Lipinski definition) is 3. The van der Waals surface area contributed by atoms with Crippen LogP contribution in [0.3, 0.4) is 0 Å². The highest BCUT2D eigenvalue weighted by Gasteiger charge is 2.57. The maximum absolute atomic E-state index is 2.82. The van der Waals surface area contributed by atoms with Crippen LogP contribution in [0.1, 0.15) is 161 Å². The molecule has 3 aliphatic heterocycles. The minimum atomic E-state index is -0.0869. The Bertz CT molecular complexity index is 3360. The molecule has 3 heterocycles. The molecule has 3 nitrogen and oxygen atoms in total. The van der Waals surface area contributed by atoms with Gasteiger partial charge in [-0.05, 0) is 183 Å². The van der Waals surface area contributed by atoms with Gasteiger partial charge >= 0.3 is 0 Å². The molecule has 0 bridgehead atoms. The summed E-state index contributed by atoms with van der Waals surface area (Å²) in [5.74, 6) is 0. The monoisotopic (exact) mass is 960 g/mol. The number of aryl methyl sites for hydroxylation is 1. The maximum Gasteiger partial charge on any atom is 0.252 e. The number of nitrogens with zero attached hydrogens (tertiary/aromatic N) is 3. The molecule has 73 heavy (non-hydrogen) atoms. The molecule has 2 atom stereocenters. The quantitative estimate of drug-likeness (QED) is 0.163. The van der Waals surface area contributed by atoms with Crippen LogP contribution < -0.4 is 31.1 Å². The Morgan fingerprint density at radius 1 is 0.466 bits per heavy atom. The SMILES string of the molecule is Cc1cc2c3c(c1)N(c1ccc(C(C)(C)C)cc1-c1ccccc1)c1cc4c(cc1B3c1ccc(N3c5ccc(C(C)(C)C)cc5C5(C)CCCCCC35C)cc1N2c1ccc(C(C)(C)C)cc1)CC(C)(C)C4. The summed E-state index contributed by atoms with van der Waals surface area (Å²) in [6, 6.07) is 53.5. The zero-order valence-corrected chi connectivity index (χ0v) is 46.6. The smallest absolute Gasteiger partial charge is 0.252 e. The summed E-state index contributed by atoms with van der Waals surface area (Å²) in [5, 5.41) is 0. The molecule has 12 rings (SSSR count). The second-order valence-electron chi connectivity index (χ2n) is 27.4. The molecule has 0 amide bonds. The van der Waals surface area contributed by atoms with Crippen LogP contribution in [0.15, 0.2) is 133 Å². The highest BCUT2D eigenvalue weighted by atomic mass is 15.3. The van der Waals surface area contributed by atoms with E-state index in [-0.39, 0.29) is 39.3 Å². The van der Waals surface area contributed by atoms with Crippen LogP contribution in [-0.4, -0.2) is 12.3 Å².